The second kappa shape index (κ2) is 6.70. The first kappa shape index (κ1) is 13.3. The summed E-state index contributed by atoms with van der Waals surface area (Å²) in [5.74, 6) is 0.253. The molecule has 0 aromatic rings. The van der Waals surface area contributed by atoms with Gasteiger partial charge < -0.3 is 16.0 Å². The summed E-state index contributed by atoms with van der Waals surface area (Å²) in [4.78, 5) is 2.18. The summed E-state index contributed by atoms with van der Waals surface area (Å²) in [6.45, 7) is 3.08. The van der Waals surface area contributed by atoms with E-state index in [4.69, 9.17) is 10.9 Å². The zero-order chi connectivity index (χ0) is 12.0. The maximum absolute atomic E-state index is 9.40. The number of hydrogen-bond donors (Lipinski definition) is 3. The summed E-state index contributed by atoms with van der Waals surface area (Å²) in [6.07, 6.45) is 5.25. The van der Waals surface area contributed by atoms with Crippen LogP contribution in [0.1, 0.15) is 39.0 Å². The minimum absolute atomic E-state index is 0.0553. The van der Waals surface area contributed by atoms with Gasteiger partial charge in [-0.15, -0.1) is 0 Å². The van der Waals surface area contributed by atoms with E-state index in [-0.39, 0.29) is 24.5 Å². The number of aliphatic hydroxyl groups is 1. The average molecular weight is 229 g/mol. The van der Waals surface area contributed by atoms with Crippen LogP contribution in [0.5, 0.6) is 0 Å². The Morgan fingerprint density at radius 2 is 2.25 bits per heavy atom. The molecule has 1 rings (SSSR count). The number of oxime groups is 1. The molecule has 4 N–H and O–H groups in total. The maximum Gasteiger partial charge on any atom is 0.156 e. The molecule has 0 spiro atoms. The van der Waals surface area contributed by atoms with Gasteiger partial charge in [0.15, 0.2) is 5.84 Å². The largest absolute Gasteiger partial charge is 0.409 e. The summed E-state index contributed by atoms with van der Waals surface area (Å²) in [5.41, 5.74) is 5.70. The van der Waals surface area contributed by atoms with Crippen molar-refractivity contribution in [3.63, 3.8) is 0 Å². The second-order valence-electron chi connectivity index (χ2n) is 4.37. The fourth-order valence-corrected chi connectivity index (χ4v) is 2.49. The summed E-state index contributed by atoms with van der Waals surface area (Å²) in [5, 5.41) is 21.3. The molecule has 0 aliphatic carbocycles. The fraction of sp³-hybridized carbons (Fsp3) is 0.909. The maximum atomic E-state index is 9.40. The first-order valence-corrected chi connectivity index (χ1v) is 6.08. The lowest BCUT2D eigenvalue weighted by atomic mass is 10.1. The molecule has 1 saturated heterocycles. The van der Waals surface area contributed by atoms with Crippen LogP contribution < -0.4 is 5.73 Å². The Kier molecular flexibility index (Phi) is 5.55. The molecule has 0 bridgehead atoms. The molecule has 0 radical (unpaired) electrons. The molecule has 1 heterocycles. The highest BCUT2D eigenvalue weighted by Crippen LogP contribution is 2.20. The highest BCUT2D eigenvalue weighted by Gasteiger charge is 2.28. The molecule has 2 unspecified atom stereocenters. The van der Waals surface area contributed by atoms with Gasteiger partial charge in [-0.3, -0.25) is 4.90 Å². The van der Waals surface area contributed by atoms with Crippen LogP contribution in [0.4, 0.5) is 0 Å². The van der Waals surface area contributed by atoms with E-state index in [2.05, 4.69) is 10.1 Å². The number of amidine groups is 1. The molecule has 1 fully saturated rings. The molecule has 94 valence electrons. The molecule has 0 aromatic heterocycles. The molecule has 1 aliphatic rings. The van der Waals surface area contributed by atoms with Crippen molar-refractivity contribution in [2.24, 2.45) is 10.9 Å². The van der Waals surface area contributed by atoms with E-state index in [1.807, 2.05) is 6.92 Å². The van der Waals surface area contributed by atoms with Crippen LogP contribution >= 0.6 is 0 Å². The number of nitrogens with two attached hydrogens (primary N) is 1. The Morgan fingerprint density at radius 1 is 1.50 bits per heavy atom. The second-order valence-corrected chi connectivity index (χ2v) is 4.37. The number of hydrogen-bond acceptors (Lipinski definition) is 4. The van der Waals surface area contributed by atoms with E-state index < -0.39 is 0 Å². The summed E-state index contributed by atoms with van der Waals surface area (Å²) >= 11 is 0. The van der Waals surface area contributed by atoms with Gasteiger partial charge in [0.1, 0.15) is 0 Å². The molecule has 5 heteroatoms. The predicted molar refractivity (Wildman–Crippen MR) is 63.5 cm³/mol. The standard InChI is InChI=1S/C11H23N3O2/c1-2-10(11(12)13-16)14-7-5-3-4-6-9(14)8-15/h9-10,15-16H,2-8H2,1H3,(H2,12,13). The predicted octanol–water partition coefficient (Wildman–Crippen LogP) is 0.748. The Morgan fingerprint density at radius 3 is 2.81 bits per heavy atom. The van der Waals surface area contributed by atoms with Crippen molar-refractivity contribution in [1.29, 1.82) is 0 Å². The van der Waals surface area contributed by atoms with Gasteiger partial charge in [-0.05, 0) is 25.8 Å². The first-order valence-electron chi connectivity index (χ1n) is 6.08. The molecule has 2 atom stereocenters. The van der Waals surface area contributed by atoms with Crippen molar-refractivity contribution in [3.8, 4) is 0 Å². The number of rotatable bonds is 4. The van der Waals surface area contributed by atoms with E-state index in [0.717, 1.165) is 32.2 Å². The van der Waals surface area contributed by atoms with Gasteiger partial charge in [-0.25, -0.2) is 0 Å². The Labute approximate surface area is 96.9 Å². The van der Waals surface area contributed by atoms with Crippen molar-refractivity contribution in [2.75, 3.05) is 13.2 Å². The van der Waals surface area contributed by atoms with Crippen LogP contribution in [0.3, 0.4) is 0 Å². The summed E-state index contributed by atoms with van der Waals surface area (Å²) < 4.78 is 0. The lowest BCUT2D eigenvalue weighted by Gasteiger charge is -2.34. The number of aliphatic hydroxyl groups excluding tert-OH is 1. The van der Waals surface area contributed by atoms with Gasteiger partial charge >= 0.3 is 0 Å². The normalized spacial score (nSPS) is 26.4. The van der Waals surface area contributed by atoms with Gasteiger partial charge in [0.05, 0.1) is 12.6 Å². The topological polar surface area (TPSA) is 82.1 Å². The van der Waals surface area contributed by atoms with Crippen molar-refractivity contribution >= 4 is 5.84 Å². The van der Waals surface area contributed by atoms with Crippen LogP contribution in [0.15, 0.2) is 5.16 Å². The molecule has 1 aliphatic heterocycles. The van der Waals surface area contributed by atoms with E-state index in [1.54, 1.807) is 0 Å². The molecule has 0 aromatic carbocycles. The zero-order valence-corrected chi connectivity index (χ0v) is 9.97. The fourth-order valence-electron chi connectivity index (χ4n) is 2.49. The highest BCUT2D eigenvalue weighted by molar-refractivity contribution is 5.85. The lowest BCUT2D eigenvalue weighted by molar-refractivity contribution is 0.104. The monoisotopic (exact) mass is 229 g/mol. The smallest absolute Gasteiger partial charge is 0.156 e. The van der Waals surface area contributed by atoms with Gasteiger partial charge in [-0.2, -0.15) is 0 Å². The number of nitrogens with zero attached hydrogens (tertiary/aromatic N) is 2. The third-order valence-electron chi connectivity index (χ3n) is 3.38. The minimum Gasteiger partial charge on any atom is -0.409 e. The van der Waals surface area contributed by atoms with Gasteiger partial charge in [0.2, 0.25) is 0 Å². The van der Waals surface area contributed by atoms with Crippen molar-refractivity contribution in [1.82, 2.24) is 4.90 Å². The van der Waals surface area contributed by atoms with E-state index in [0.29, 0.717) is 0 Å². The van der Waals surface area contributed by atoms with Crippen LogP contribution in [-0.2, 0) is 0 Å². The zero-order valence-electron chi connectivity index (χ0n) is 9.97. The van der Waals surface area contributed by atoms with E-state index in [9.17, 15) is 5.11 Å². The minimum atomic E-state index is -0.0553. The molecular formula is C11H23N3O2. The van der Waals surface area contributed by atoms with Crippen LogP contribution in [0.25, 0.3) is 0 Å². The molecule has 0 saturated carbocycles. The third kappa shape index (κ3) is 3.09. The van der Waals surface area contributed by atoms with Gasteiger partial charge in [0, 0.05) is 6.04 Å². The molecule has 0 amide bonds. The van der Waals surface area contributed by atoms with Crippen molar-refractivity contribution in [2.45, 2.75) is 51.1 Å². The van der Waals surface area contributed by atoms with Crippen LogP contribution in [-0.4, -0.2) is 46.3 Å². The lowest BCUT2D eigenvalue weighted by Crippen LogP contribution is -2.50. The van der Waals surface area contributed by atoms with Gasteiger partial charge in [-0.1, -0.05) is 24.9 Å². The van der Waals surface area contributed by atoms with Gasteiger partial charge in [0.25, 0.3) is 0 Å². The summed E-state index contributed by atoms with van der Waals surface area (Å²) in [6, 6.07) is 0.0907. The average Bonchev–Trinajstić information content (AvgIpc) is 2.55. The van der Waals surface area contributed by atoms with Crippen LogP contribution in [0.2, 0.25) is 0 Å². The van der Waals surface area contributed by atoms with Crippen molar-refractivity contribution < 1.29 is 10.3 Å². The quantitative estimate of drug-likeness (QED) is 0.287. The van der Waals surface area contributed by atoms with E-state index >= 15 is 0 Å². The Hall–Kier alpha value is -0.810. The van der Waals surface area contributed by atoms with Crippen molar-refractivity contribution in [3.05, 3.63) is 0 Å². The Bertz CT molecular complexity index is 233. The highest BCUT2D eigenvalue weighted by atomic mass is 16.4. The molecule has 5 nitrogen and oxygen atoms in total. The molecular weight excluding hydrogens is 206 g/mol. The van der Waals surface area contributed by atoms with E-state index in [1.165, 1.54) is 6.42 Å². The summed E-state index contributed by atoms with van der Waals surface area (Å²) in [7, 11) is 0. The molecule has 16 heavy (non-hydrogen) atoms. The SMILES string of the molecule is CCC(C(N)=NO)N1CCCCCC1CO. The third-order valence-corrected chi connectivity index (χ3v) is 3.38. The Balaban J connectivity index is 2.78. The van der Waals surface area contributed by atoms with Crippen LogP contribution in [0, 0.1) is 0 Å². The first-order chi connectivity index (χ1) is 7.74. The number of likely N-dealkylation sites (tertiary alicyclic amines) is 1.